The van der Waals surface area contributed by atoms with Crippen LogP contribution in [0.2, 0.25) is 18.1 Å². The van der Waals surface area contributed by atoms with Crippen LogP contribution in [0.1, 0.15) is 47.1 Å². The fourth-order valence-corrected chi connectivity index (χ4v) is 6.06. The van der Waals surface area contributed by atoms with Gasteiger partial charge in [0.2, 0.25) is 5.91 Å². The van der Waals surface area contributed by atoms with Gasteiger partial charge in [-0.05, 0) is 62.2 Å². The quantitative estimate of drug-likeness (QED) is 0.0678. The molecular weight excluding hydrogens is 568 g/mol. The number of carbonyl (C=O) groups is 3. The average molecular weight is 609 g/mol. The number of nitrogens with zero attached hydrogens (tertiary/aromatic N) is 2. The van der Waals surface area contributed by atoms with Gasteiger partial charge in [0.25, 0.3) is 5.69 Å². The molecule has 0 bridgehead atoms. The fourth-order valence-electron chi connectivity index (χ4n) is 3.72. The molecule has 11 nitrogen and oxygen atoms in total. The van der Waals surface area contributed by atoms with E-state index in [-0.39, 0.29) is 29.6 Å². The first kappa shape index (κ1) is 34.0. The van der Waals surface area contributed by atoms with Crippen molar-refractivity contribution in [3.8, 4) is 0 Å². The summed E-state index contributed by atoms with van der Waals surface area (Å²) in [7, 11) is -0.825. The Bertz CT molecular complexity index is 1200. The van der Waals surface area contributed by atoms with Gasteiger partial charge in [-0.15, -0.1) is 11.8 Å². The van der Waals surface area contributed by atoms with Gasteiger partial charge in [-0.3, -0.25) is 19.8 Å². The molecule has 41 heavy (non-hydrogen) atoms. The van der Waals surface area contributed by atoms with E-state index >= 15 is 0 Å². The molecule has 1 heterocycles. The van der Waals surface area contributed by atoms with Crippen LogP contribution in [0.5, 0.6) is 0 Å². The van der Waals surface area contributed by atoms with Crippen LogP contribution in [0, 0.1) is 16.0 Å². The molecule has 13 heteroatoms. The van der Waals surface area contributed by atoms with E-state index in [0.29, 0.717) is 16.0 Å². The minimum Gasteiger partial charge on any atom is -0.464 e. The van der Waals surface area contributed by atoms with Gasteiger partial charge in [0.1, 0.15) is 29.7 Å². The monoisotopic (exact) mass is 608 g/mol. The Kier molecular flexibility index (Phi) is 11.3. The van der Waals surface area contributed by atoms with Gasteiger partial charge >= 0.3 is 12.1 Å². The molecule has 226 valence electrons. The van der Waals surface area contributed by atoms with Crippen molar-refractivity contribution in [2.75, 3.05) is 13.7 Å². The molecule has 3 atom stereocenters. The molecular formula is C28H40N2O9SSi. The second kappa shape index (κ2) is 13.7. The highest BCUT2D eigenvalue weighted by atomic mass is 32.2. The largest absolute Gasteiger partial charge is 0.508 e. The summed E-state index contributed by atoms with van der Waals surface area (Å²) in [6.45, 7) is 19.9. The van der Waals surface area contributed by atoms with E-state index < -0.39 is 48.7 Å². The summed E-state index contributed by atoms with van der Waals surface area (Å²) in [6.07, 6.45) is -1.90. The van der Waals surface area contributed by atoms with Crippen LogP contribution in [0.3, 0.4) is 0 Å². The number of hydrogen-bond donors (Lipinski definition) is 0. The topological polar surface area (TPSA) is 135 Å². The Morgan fingerprint density at radius 1 is 1.20 bits per heavy atom. The number of nitro benzene ring substituents is 1. The predicted molar refractivity (Wildman–Crippen MR) is 158 cm³/mol. The average Bonchev–Trinajstić information content (AvgIpc) is 2.87. The molecule has 1 amide bonds. The van der Waals surface area contributed by atoms with Crippen molar-refractivity contribution < 1.29 is 37.9 Å². The predicted octanol–water partition coefficient (Wildman–Crippen LogP) is 6.16. The zero-order valence-electron chi connectivity index (χ0n) is 25.1. The van der Waals surface area contributed by atoms with E-state index in [0.717, 1.165) is 0 Å². The summed E-state index contributed by atoms with van der Waals surface area (Å²) in [5, 5.41) is 10.2. The molecule has 0 aliphatic carbocycles. The molecule has 0 N–H and O–H groups in total. The second-order valence-electron chi connectivity index (χ2n) is 11.5. The van der Waals surface area contributed by atoms with Crippen LogP contribution < -0.4 is 0 Å². The van der Waals surface area contributed by atoms with Crippen LogP contribution in [0.4, 0.5) is 10.5 Å². The van der Waals surface area contributed by atoms with Crippen LogP contribution in [0.25, 0.3) is 0 Å². The van der Waals surface area contributed by atoms with Crippen LogP contribution in [-0.2, 0) is 34.8 Å². The summed E-state index contributed by atoms with van der Waals surface area (Å²) in [4.78, 5) is 50.8. The number of ether oxygens (including phenoxy) is 3. The van der Waals surface area contributed by atoms with Crippen molar-refractivity contribution in [1.82, 2.24) is 4.90 Å². The normalized spacial score (nSPS) is 17.7. The summed E-state index contributed by atoms with van der Waals surface area (Å²) in [5.74, 6) is -1.85. The van der Waals surface area contributed by atoms with Gasteiger partial charge in [-0.25, -0.2) is 9.59 Å². The third-order valence-corrected chi connectivity index (χ3v) is 12.8. The van der Waals surface area contributed by atoms with E-state index in [1.165, 1.54) is 48.0 Å². The Balaban J connectivity index is 2.17. The molecule has 0 saturated carbocycles. The van der Waals surface area contributed by atoms with Crippen LogP contribution in [0.15, 0.2) is 47.0 Å². The minimum absolute atomic E-state index is 0.00372. The standard InChI is InChI=1S/C28H40N2O9SSi/c1-17(2)23(26(32)36-8)29-24(31)22(25(29)40-18(3)15-38-41(9,10)28(5,6)7)19(4)39-27(33)37-16-20-11-13-21(14-12-20)30(34)35/h11-14,19,22,25H,3,15-16H2,1-2,4-10H3/t19-,22+,25-/m1/s1. The zero-order valence-corrected chi connectivity index (χ0v) is 27.0. The number of likely N-dealkylation sites (tertiary alicyclic amines) is 1. The lowest BCUT2D eigenvalue weighted by atomic mass is 9.91. The van der Waals surface area contributed by atoms with Crippen molar-refractivity contribution in [3.05, 3.63) is 62.7 Å². The highest BCUT2D eigenvalue weighted by Crippen LogP contribution is 2.45. The van der Waals surface area contributed by atoms with Gasteiger partial charge in [-0.2, -0.15) is 0 Å². The Labute approximate surface area is 246 Å². The minimum atomic E-state index is -2.07. The number of thioether (sulfide) groups is 1. The van der Waals surface area contributed by atoms with Crippen molar-refractivity contribution in [3.63, 3.8) is 0 Å². The molecule has 1 saturated heterocycles. The molecule has 1 aliphatic rings. The van der Waals surface area contributed by atoms with Crippen molar-refractivity contribution in [1.29, 1.82) is 0 Å². The Hall–Kier alpha value is -3.16. The number of non-ortho nitro benzene ring substituents is 1. The van der Waals surface area contributed by atoms with Crippen LogP contribution >= 0.6 is 11.8 Å². The van der Waals surface area contributed by atoms with Crippen molar-refractivity contribution >= 4 is 43.8 Å². The lowest BCUT2D eigenvalue weighted by Crippen LogP contribution is -2.63. The number of nitro groups is 1. The maximum atomic E-state index is 13.4. The van der Waals surface area contributed by atoms with Gasteiger partial charge in [0, 0.05) is 17.0 Å². The van der Waals surface area contributed by atoms with Gasteiger partial charge in [-0.1, -0.05) is 27.4 Å². The van der Waals surface area contributed by atoms with Gasteiger partial charge in [0.15, 0.2) is 8.32 Å². The number of hydrogen-bond acceptors (Lipinski definition) is 10. The molecule has 0 unspecified atom stereocenters. The molecule has 0 spiro atoms. The number of rotatable bonds is 12. The SMILES string of the molecule is C=C(CO[Si](C)(C)C(C)(C)C)S[C@@H]1[C@@H]([C@@H](C)OC(=O)OCc2ccc([N+](=O)[O-])cc2)C(=O)N1C(C(=O)OC)=C(C)C. The van der Waals surface area contributed by atoms with E-state index in [4.69, 9.17) is 18.6 Å². The first-order valence-electron chi connectivity index (χ1n) is 13.0. The fraction of sp³-hybridized carbons (Fsp3) is 0.536. The number of allylic oxidation sites excluding steroid dienone is 1. The first-order chi connectivity index (χ1) is 18.9. The van der Waals surface area contributed by atoms with Gasteiger partial charge in [0.05, 0.1) is 18.6 Å². The van der Waals surface area contributed by atoms with E-state index in [2.05, 4.69) is 40.4 Å². The van der Waals surface area contributed by atoms with Crippen LogP contribution in [-0.4, -0.2) is 61.4 Å². The lowest BCUT2D eigenvalue weighted by molar-refractivity contribution is -0.384. The summed E-state index contributed by atoms with van der Waals surface area (Å²) in [6, 6.07) is 5.56. The maximum absolute atomic E-state index is 13.4. The number of carbonyl (C=O) groups excluding carboxylic acids is 3. The first-order valence-corrected chi connectivity index (χ1v) is 16.8. The summed E-state index contributed by atoms with van der Waals surface area (Å²) < 4.78 is 21.8. The number of β-lactam (4-membered cyclic amide) rings is 1. The molecule has 2 rings (SSSR count). The van der Waals surface area contributed by atoms with Crippen molar-refractivity contribution in [2.45, 2.75) is 77.8 Å². The third-order valence-electron chi connectivity index (χ3n) is 7.16. The Morgan fingerprint density at radius 2 is 1.78 bits per heavy atom. The molecule has 0 radical (unpaired) electrons. The molecule has 1 fully saturated rings. The molecule has 1 aromatic rings. The zero-order chi connectivity index (χ0) is 31.3. The Morgan fingerprint density at radius 3 is 2.27 bits per heavy atom. The number of benzene rings is 1. The highest BCUT2D eigenvalue weighted by Gasteiger charge is 2.55. The maximum Gasteiger partial charge on any atom is 0.508 e. The van der Waals surface area contributed by atoms with E-state index in [1.54, 1.807) is 20.8 Å². The molecule has 1 aromatic carbocycles. The van der Waals surface area contributed by atoms with Crippen molar-refractivity contribution in [2.24, 2.45) is 5.92 Å². The number of methoxy groups -OCH3 is 1. The molecule has 0 aromatic heterocycles. The summed E-state index contributed by atoms with van der Waals surface area (Å²) >= 11 is 1.28. The van der Waals surface area contributed by atoms with Gasteiger partial charge < -0.3 is 18.6 Å². The van der Waals surface area contributed by atoms with E-state index in [1.807, 2.05) is 0 Å². The smallest absolute Gasteiger partial charge is 0.464 e. The number of amides is 1. The highest BCUT2D eigenvalue weighted by molar-refractivity contribution is 8.03. The number of esters is 1. The molecule has 1 aliphatic heterocycles. The third kappa shape index (κ3) is 8.43. The second-order valence-corrected chi connectivity index (χ2v) is 17.6. The lowest BCUT2D eigenvalue weighted by Gasteiger charge is -2.49. The summed E-state index contributed by atoms with van der Waals surface area (Å²) in [5.41, 5.74) is 1.16. The van der Waals surface area contributed by atoms with E-state index in [9.17, 15) is 24.5 Å².